The number of amides is 1. The van der Waals surface area contributed by atoms with Gasteiger partial charge in [-0.05, 0) is 55.4 Å². The molecule has 2 aromatic rings. The van der Waals surface area contributed by atoms with Crippen LogP contribution in [0.25, 0.3) is 0 Å². The van der Waals surface area contributed by atoms with Gasteiger partial charge in [-0.1, -0.05) is 36.9 Å². The molecule has 1 N–H and O–H groups in total. The van der Waals surface area contributed by atoms with Crippen molar-refractivity contribution in [2.24, 2.45) is 4.99 Å². The third-order valence-corrected chi connectivity index (χ3v) is 7.12. The van der Waals surface area contributed by atoms with Crippen molar-refractivity contribution < 1.29 is 19.1 Å². The van der Waals surface area contributed by atoms with Crippen LogP contribution in [0.4, 0.5) is 5.69 Å². The minimum Gasteiger partial charge on any atom is -0.454 e. The Labute approximate surface area is 210 Å². The van der Waals surface area contributed by atoms with Crippen molar-refractivity contribution in [1.82, 2.24) is 10.2 Å². The predicted molar refractivity (Wildman–Crippen MR) is 140 cm³/mol. The number of nitrogens with one attached hydrogen (secondary N) is 1. The van der Waals surface area contributed by atoms with Gasteiger partial charge >= 0.3 is 0 Å². The summed E-state index contributed by atoms with van der Waals surface area (Å²) >= 11 is 1.62. The van der Waals surface area contributed by atoms with Crippen LogP contribution < -0.4 is 19.7 Å². The normalized spacial score (nSPS) is 19.7. The van der Waals surface area contributed by atoms with Crippen LogP contribution in [0.3, 0.4) is 0 Å². The largest absolute Gasteiger partial charge is 0.454 e. The molecule has 3 heterocycles. The molecule has 0 bridgehead atoms. The first-order valence-corrected chi connectivity index (χ1v) is 12.6. The molecule has 0 radical (unpaired) electrons. The average Bonchev–Trinajstić information content (AvgIpc) is 3.52. The number of likely N-dealkylation sites (N-methyl/N-ethyl adjacent to an activating group) is 2. The molecule has 0 saturated carbocycles. The fraction of sp³-hybridized carbons (Fsp3) is 0.423. The smallest absolute Gasteiger partial charge is 0.231 e. The zero-order valence-electron chi connectivity index (χ0n) is 20.6. The average molecular weight is 497 g/mol. The van der Waals surface area contributed by atoms with E-state index >= 15 is 0 Å². The third-order valence-electron chi connectivity index (χ3n) is 6.06. The van der Waals surface area contributed by atoms with E-state index in [2.05, 4.69) is 42.4 Å². The molecule has 2 aromatic carbocycles. The van der Waals surface area contributed by atoms with Crippen LogP contribution in [0.2, 0.25) is 0 Å². The summed E-state index contributed by atoms with van der Waals surface area (Å²) in [6.07, 6.45) is 2.23. The fourth-order valence-electron chi connectivity index (χ4n) is 4.23. The minimum absolute atomic E-state index is 0.0667. The molecule has 2 atom stereocenters. The second-order valence-electron chi connectivity index (χ2n) is 9.10. The van der Waals surface area contributed by atoms with Crippen LogP contribution in [0.1, 0.15) is 29.7 Å². The highest BCUT2D eigenvalue weighted by atomic mass is 32.2. The molecule has 3 aliphatic rings. The Hall–Kier alpha value is -3.04. The van der Waals surface area contributed by atoms with Gasteiger partial charge in [-0.3, -0.25) is 9.79 Å². The lowest BCUT2D eigenvalue weighted by atomic mass is 10.0. The topological polar surface area (TPSA) is 83.5 Å². The van der Waals surface area contributed by atoms with Gasteiger partial charge in [-0.15, -0.1) is 0 Å². The number of anilines is 1. The number of fused-ring (bicyclic) bond motifs is 2. The number of amidine groups is 1. The molecular formula is C26H32N4O4S. The Morgan fingerprint density at radius 1 is 1.23 bits per heavy atom. The maximum Gasteiger partial charge on any atom is 0.231 e. The highest BCUT2D eigenvalue weighted by Gasteiger charge is 2.30. The quantitative estimate of drug-likeness (QED) is 0.637. The van der Waals surface area contributed by atoms with E-state index in [-0.39, 0.29) is 30.4 Å². The van der Waals surface area contributed by atoms with Crippen molar-refractivity contribution in [2.75, 3.05) is 45.9 Å². The summed E-state index contributed by atoms with van der Waals surface area (Å²) in [5, 5.41) is 3.96. The highest BCUT2D eigenvalue weighted by molar-refractivity contribution is 8.14. The van der Waals surface area contributed by atoms with E-state index in [0.717, 1.165) is 30.6 Å². The van der Waals surface area contributed by atoms with E-state index in [0.29, 0.717) is 17.5 Å². The van der Waals surface area contributed by atoms with E-state index in [1.807, 2.05) is 37.2 Å². The number of hydrogen-bond acceptors (Lipinski definition) is 8. The molecule has 3 aliphatic heterocycles. The number of aldehydes is 1. The monoisotopic (exact) mass is 496 g/mol. The highest BCUT2D eigenvalue weighted by Crippen LogP contribution is 2.39. The number of ether oxygens (including phenoxy) is 2. The molecule has 35 heavy (non-hydrogen) atoms. The molecule has 186 valence electrons. The lowest BCUT2D eigenvalue weighted by Crippen LogP contribution is -2.29. The minimum atomic E-state index is -0.0708. The van der Waals surface area contributed by atoms with Crippen molar-refractivity contribution >= 4 is 34.8 Å². The second kappa shape index (κ2) is 11.1. The van der Waals surface area contributed by atoms with Gasteiger partial charge in [0.1, 0.15) is 6.29 Å². The van der Waals surface area contributed by atoms with Gasteiger partial charge in [0.15, 0.2) is 16.7 Å². The van der Waals surface area contributed by atoms with Crippen molar-refractivity contribution in [3.63, 3.8) is 0 Å². The van der Waals surface area contributed by atoms with Crippen LogP contribution in [0.15, 0.2) is 41.4 Å². The van der Waals surface area contributed by atoms with E-state index in [9.17, 15) is 9.59 Å². The zero-order valence-corrected chi connectivity index (χ0v) is 21.4. The van der Waals surface area contributed by atoms with E-state index in [4.69, 9.17) is 14.5 Å². The number of aliphatic imine (C=N–C) groups is 1. The van der Waals surface area contributed by atoms with E-state index < -0.39 is 0 Å². The summed E-state index contributed by atoms with van der Waals surface area (Å²) in [6.45, 7) is 3.99. The maximum absolute atomic E-state index is 12.5. The zero-order chi connectivity index (χ0) is 24.9. The SMILES string of the molecule is CC1SC(NC(=O)Cc2ccc3c(c2)OCO3)=NC1c1ccc2c(c1)CCN2C.CN(C)CC=O. The van der Waals surface area contributed by atoms with Crippen LogP contribution in [0, 0.1) is 0 Å². The third kappa shape index (κ3) is 6.15. The Morgan fingerprint density at radius 3 is 2.77 bits per heavy atom. The molecule has 1 amide bonds. The Morgan fingerprint density at radius 2 is 2.03 bits per heavy atom. The Kier molecular flexibility index (Phi) is 7.97. The molecule has 0 spiro atoms. The van der Waals surface area contributed by atoms with Crippen LogP contribution in [-0.4, -0.2) is 68.5 Å². The molecule has 0 aliphatic carbocycles. The Bertz CT molecular complexity index is 1120. The number of thioether (sulfide) groups is 1. The Balaban J connectivity index is 0.000000431. The van der Waals surface area contributed by atoms with Gasteiger partial charge in [-0.25, -0.2) is 0 Å². The molecule has 5 rings (SSSR count). The maximum atomic E-state index is 12.5. The summed E-state index contributed by atoms with van der Waals surface area (Å²) in [4.78, 5) is 31.0. The van der Waals surface area contributed by atoms with Gasteiger partial charge in [0.05, 0.1) is 19.0 Å². The van der Waals surface area contributed by atoms with E-state index in [1.54, 1.807) is 11.8 Å². The second-order valence-corrected chi connectivity index (χ2v) is 10.5. The first-order chi connectivity index (χ1) is 16.8. The predicted octanol–water partition coefficient (Wildman–Crippen LogP) is 3.05. The van der Waals surface area contributed by atoms with Gasteiger partial charge in [0, 0.05) is 24.5 Å². The van der Waals surface area contributed by atoms with E-state index in [1.165, 1.54) is 16.8 Å². The van der Waals surface area contributed by atoms with Gasteiger partial charge < -0.3 is 29.4 Å². The lowest BCUT2D eigenvalue weighted by molar-refractivity contribution is -0.119. The van der Waals surface area contributed by atoms with Gasteiger partial charge in [0.25, 0.3) is 0 Å². The number of carbonyl (C=O) groups excluding carboxylic acids is 2. The molecule has 9 heteroatoms. The molecule has 0 aromatic heterocycles. The van der Waals surface area contributed by atoms with Crippen LogP contribution >= 0.6 is 11.8 Å². The van der Waals surface area contributed by atoms with Crippen molar-refractivity contribution in [3.8, 4) is 11.5 Å². The van der Waals surface area contributed by atoms with Crippen molar-refractivity contribution in [2.45, 2.75) is 31.1 Å². The number of carbonyl (C=O) groups is 2. The molecule has 2 unspecified atom stereocenters. The lowest BCUT2D eigenvalue weighted by Gasteiger charge is -2.15. The standard InChI is InChI=1S/C22H23N3O3S.C4H9NO/c1-13-21(16-4-5-17-15(11-16)7-8-25(17)2)24-22(29-13)23-20(26)10-14-3-6-18-19(9-14)28-12-27-18;1-5(2)3-4-6/h3-6,9,11,13,21H,7-8,10,12H2,1-2H3,(H,23,24,26);4H,3H2,1-2H3. The molecule has 0 saturated heterocycles. The van der Waals surface area contributed by atoms with Crippen LogP contribution in [0.5, 0.6) is 11.5 Å². The number of hydrogen-bond donors (Lipinski definition) is 1. The first-order valence-electron chi connectivity index (χ1n) is 11.7. The van der Waals surface area contributed by atoms with Crippen molar-refractivity contribution in [3.05, 3.63) is 53.1 Å². The number of rotatable bonds is 5. The molecule has 8 nitrogen and oxygen atoms in total. The number of benzene rings is 2. The summed E-state index contributed by atoms with van der Waals surface area (Å²) in [6, 6.07) is 12.3. The number of nitrogens with zero attached hydrogens (tertiary/aromatic N) is 3. The summed E-state index contributed by atoms with van der Waals surface area (Å²) in [7, 11) is 5.84. The van der Waals surface area contributed by atoms with Crippen LogP contribution in [-0.2, 0) is 22.4 Å². The molecular weight excluding hydrogens is 464 g/mol. The summed E-state index contributed by atoms with van der Waals surface area (Å²) in [5.74, 6) is 1.35. The van der Waals surface area contributed by atoms with Crippen molar-refractivity contribution in [1.29, 1.82) is 0 Å². The molecule has 0 fully saturated rings. The summed E-state index contributed by atoms with van der Waals surface area (Å²) < 4.78 is 10.7. The first kappa shape index (κ1) is 25.1. The summed E-state index contributed by atoms with van der Waals surface area (Å²) in [5.41, 5.74) is 4.81. The van der Waals surface area contributed by atoms with Gasteiger partial charge in [-0.2, -0.15) is 0 Å². The van der Waals surface area contributed by atoms with Gasteiger partial charge in [0.2, 0.25) is 12.7 Å². The fourth-order valence-corrected chi connectivity index (χ4v) is 5.28.